The lowest BCUT2D eigenvalue weighted by Crippen LogP contribution is -2.59. The zero-order chi connectivity index (χ0) is 23.4. The smallest absolute Gasteiger partial charge is 0.410 e. The Morgan fingerprint density at radius 1 is 1.15 bits per heavy atom. The SMILES string of the molecule is CN1NCC2CCCC(NS(=O)(=O)C3CNN(C4CC(N5C(=O)OCC5(C)C)CCN4)C3)C21. The second-order valence-corrected chi connectivity index (χ2v) is 12.9. The fourth-order valence-electron chi connectivity index (χ4n) is 6.51. The van der Waals surface area contributed by atoms with Gasteiger partial charge < -0.3 is 10.1 Å². The first-order chi connectivity index (χ1) is 15.7. The largest absolute Gasteiger partial charge is 0.447 e. The minimum Gasteiger partial charge on any atom is -0.447 e. The van der Waals surface area contributed by atoms with Crippen LogP contribution in [0.1, 0.15) is 46.0 Å². The molecule has 0 aromatic carbocycles. The number of fused-ring (bicyclic) bond motifs is 1. The highest BCUT2D eigenvalue weighted by Gasteiger charge is 2.47. The maximum absolute atomic E-state index is 13.3. The molecule has 5 rings (SSSR count). The van der Waals surface area contributed by atoms with Crippen LogP contribution in [-0.4, -0.2) is 104 Å². The first-order valence-corrected chi connectivity index (χ1v) is 13.9. The predicted molar refractivity (Wildman–Crippen MR) is 123 cm³/mol. The number of hydrogen-bond acceptors (Lipinski definition) is 9. The molecule has 0 aromatic rings. The quantitative estimate of drug-likeness (QED) is 0.404. The second kappa shape index (κ2) is 8.89. The zero-order valence-corrected chi connectivity index (χ0v) is 20.7. The van der Waals surface area contributed by atoms with Gasteiger partial charge in [-0.25, -0.2) is 28.0 Å². The van der Waals surface area contributed by atoms with Crippen molar-refractivity contribution < 1.29 is 17.9 Å². The molecule has 12 heteroatoms. The Bertz CT molecular complexity index is 854. The van der Waals surface area contributed by atoms with Gasteiger partial charge in [0.05, 0.1) is 11.7 Å². The number of nitrogens with zero attached hydrogens (tertiary/aromatic N) is 3. The van der Waals surface area contributed by atoms with Crippen molar-refractivity contribution in [2.75, 3.05) is 39.8 Å². The van der Waals surface area contributed by atoms with E-state index in [1.54, 1.807) is 0 Å². The van der Waals surface area contributed by atoms with Crippen molar-refractivity contribution >= 4 is 16.1 Å². The molecule has 6 atom stereocenters. The third kappa shape index (κ3) is 4.51. The molecule has 1 aliphatic carbocycles. The van der Waals surface area contributed by atoms with E-state index in [4.69, 9.17) is 4.74 Å². The van der Waals surface area contributed by atoms with Crippen molar-refractivity contribution in [2.24, 2.45) is 5.92 Å². The number of nitrogens with one attached hydrogen (secondary N) is 4. The Balaban J connectivity index is 1.20. The van der Waals surface area contributed by atoms with Gasteiger partial charge >= 0.3 is 6.09 Å². The molecule has 1 saturated carbocycles. The van der Waals surface area contributed by atoms with Gasteiger partial charge in [0.1, 0.15) is 11.9 Å². The molecule has 4 aliphatic heterocycles. The predicted octanol–water partition coefficient (Wildman–Crippen LogP) is -0.609. The monoisotopic (exact) mass is 485 g/mol. The summed E-state index contributed by atoms with van der Waals surface area (Å²) in [5.41, 5.74) is 6.36. The summed E-state index contributed by atoms with van der Waals surface area (Å²) in [7, 11) is -1.46. The summed E-state index contributed by atoms with van der Waals surface area (Å²) in [4.78, 5) is 14.2. The molecule has 188 valence electrons. The van der Waals surface area contributed by atoms with E-state index in [9.17, 15) is 13.2 Å². The molecule has 4 saturated heterocycles. The van der Waals surface area contributed by atoms with Crippen LogP contribution in [0.3, 0.4) is 0 Å². The van der Waals surface area contributed by atoms with Crippen LogP contribution in [0.2, 0.25) is 0 Å². The number of amides is 1. The fraction of sp³-hybridized carbons (Fsp3) is 0.952. The van der Waals surface area contributed by atoms with E-state index in [0.29, 0.717) is 25.6 Å². The van der Waals surface area contributed by atoms with Gasteiger partial charge in [0.2, 0.25) is 10.0 Å². The summed E-state index contributed by atoms with van der Waals surface area (Å²) in [6.07, 6.45) is 4.39. The summed E-state index contributed by atoms with van der Waals surface area (Å²) >= 11 is 0. The van der Waals surface area contributed by atoms with Gasteiger partial charge in [-0.05, 0) is 52.0 Å². The minimum atomic E-state index is -3.47. The van der Waals surface area contributed by atoms with Crippen molar-refractivity contribution in [1.29, 1.82) is 0 Å². The number of ether oxygens (including phenoxy) is 1. The molecule has 5 fully saturated rings. The third-order valence-electron chi connectivity index (χ3n) is 8.20. The van der Waals surface area contributed by atoms with Crippen LogP contribution in [0.5, 0.6) is 0 Å². The molecule has 0 spiro atoms. The number of likely N-dealkylation sites (N-methyl/N-ethyl adjacent to an activating group) is 1. The summed E-state index contributed by atoms with van der Waals surface area (Å²) in [5, 5.41) is 7.10. The van der Waals surface area contributed by atoms with E-state index in [-0.39, 0.29) is 35.9 Å². The van der Waals surface area contributed by atoms with Crippen LogP contribution in [-0.2, 0) is 14.8 Å². The van der Waals surface area contributed by atoms with Gasteiger partial charge in [-0.15, -0.1) is 0 Å². The summed E-state index contributed by atoms with van der Waals surface area (Å²) in [6.45, 7) is 6.98. The van der Waals surface area contributed by atoms with Crippen LogP contribution >= 0.6 is 0 Å². The minimum absolute atomic E-state index is 0.0302. The number of piperidine rings is 1. The van der Waals surface area contributed by atoms with E-state index >= 15 is 0 Å². The molecule has 1 amide bonds. The highest BCUT2D eigenvalue weighted by atomic mass is 32.2. The van der Waals surface area contributed by atoms with Crippen LogP contribution in [0, 0.1) is 5.92 Å². The van der Waals surface area contributed by atoms with Crippen molar-refractivity contribution in [2.45, 2.75) is 81.0 Å². The Kier molecular flexibility index (Phi) is 6.38. The molecule has 11 nitrogen and oxygen atoms in total. The maximum atomic E-state index is 13.3. The molecular weight excluding hydrogens is 446 g/mol. The van der Waals surface area contributed by atoms with Gasteiger partial charge in [-0.2, -0.15) is 0 Å². The highest BCUT2D eigenvalue weighted by molar-refractivity contribution is 7.90. The van der Waals surface area contributed by atoms with Crippen molar-refractivity contribution in [3.63, 3.8) is 0 Å². The van der Waals surface area contributed by atoms with Gasteiger partial charge in [-0.3, -0.25) is 15.8 Å². The van der Waals surface area contributed by atoms with Crippen LogP contribution < -0.4 is 20.9 Å². The average Bonchev–Trinajstić information content (AvgIpc) is 3.47. The summed E-state index contributed by atoms with van der Waals surface area (Å²) in [6, 6.07) is 0.230. The first kappa shape index (κ1) is 23.7. The van der Waals surface area contributed by atoms with Crippen molar-refractivity contribution in [1.82, 2.24) is 35.8 Å². The summed E-state index contributed by atoms with van der Waals surface area (Å²) < 4.78 is 35.0. The van der Waals surface area contributed by atoms with Gasteiger partial charge in [0.25, 0.3) is 0 Å². The number of hydrazine groups is 2. The molecule has 0 radical (unpaired) electrons. The van der Waals surface area contributed by atoms with Crippen LogP contribution in [0.25, 0.3) is 0 Å². The lowest BCUT2D eigenvalue weighted by molar-refractivity contribution is 0.0536. The zero-order valence-electron chi connectivity index (χ0n) is 19.9. The van der Waals surface area contributed by atoms with Gasteiger partial charge in [0.15, 0.2) is 0 Å². The van der Waals surface area contributed by atoms with E-state index in [2.05, 4.69) is 25.9 Å². The van der Waals surface area contributed by atoms with E-state index in [1.807, 2.05) is 30.8 Å². The molecule has 5 aliphatic rings. The fourth-order valence-corrected chi connectivity index (χ4v) is 8.03. The Morgan fingerprint density at radius 3 is 2.73 bits per heavy atom. The lowest BCUT2D eigenvalue weighted by atomic mass is 9.82. The van der Waals surface area contributed by atoms with Gasteiger partial charge in [-0.1, -0.05) is 6.42 Å². The highest BCUT2D eigenvalue weighted by Crippen LogP contribution is 2.33. The lowest BCUT2D eigenvalue weighted by Gasteiger charge is -2.42. The number of cyclic esters (lactones) is 1. The Labute approximate surface area is 196 Å². The molecule has 33 heavy (non-hydrogen) atoms. The van der Waals surface area contributed by atoms with Crippen LogP contribution in [0.4, 0.5) is 4.79 Å². The van der Waals surface area contributed by atoms with Crippen LogP contribution in [0.15, 0.2) is 0 Å². The Morgan fingerprint density at radius 2 is 1.97 bits per heavy atom. The van der Waals surface area contributed by atoms with Crippen molar-refractivity contribution in [3.05, 3.63) is 0 Å². The molecule has 4 N–H and O–H groups in total. The number of hydrogen-bond donors (Lipinski definition) is 4. The third-order valence-corrected chi connectivity index (χ3v) is 10.0. The van der Waals surface area contributed by atoms with E-state index < -0.39 is 15.3 Å². The van der Waals surface area contributed by atoms with Crippen molar-refractivity contribution in [3.8, 4) is 0 Å². The maximum Gasteiger partial charge on any atom is 0.410 e. The summed E-state index contributed by atoms with van der Waals surface area (Å²) in [5.74, 6) is 0.500. The first-order valence-electron chi connectivity index (χ1n) is 12.3. The molecule has 4 heterocycles. The second-order valence-electron chi connectivity index (χ2n) is 10.9. The topological polar surface area (TPSA) is 118 Å². The number of carbonyl (C=O) groups is 1. The Hall–Kier alpha value is -1.02. The molecular formula is C21H39N7O4S. The molecule has 6 unspecified atom stereocenters. The number of carbonyl (C=O) groups excluding carboxylic acids is 1. The average molecular weight is 486 g/mol. The molecule has 0 aromatic heterocycles. The standard InChI is InChI=1S/C21H39N7O4S/c1-21(2)13-32-20(29)28(21)15-7-8-22-18(9-15)27-12-16(11-24-27)33(30,31)25-17-6-4-5-14-10-23-26(3)19(14)17/h14-19,22-25H,4-13H2,1-3H3. The van der Waals surface area contributed by atoms with E-state index in [0.717, 1.165) is 45.2 Å². The normalized spacial score (nSPS) is 40.2. The number of rotatable bonds is 5. The number of sulfonamides is 1. The molecule has 0 bridgehead atoms. The van der Waals surface area contributed by atoms with Gasteiger partial charge in [0, 0.05) is 44.8 Å². The van der Waals surface area contributed by atoms with E-state index in [1.165, 1.54) is 0 Å².